The van der Waals surface area contributed by atoms with Crippen LogP contribution < -0.4 is 10.1 Å². The van der Waals surface area contributed by atoms with Crippen molar-refractivity contribution in [3.05, 3.63) is 71.8 Å². The number of benzene rings is 1. The highest BCUT2D eigenvalue weighted by atomic mass is 16.5. The summed E-state index contributed by atoms with van der Waals surface area (Å²) in [5.41, 5.74) is 3.49. The van der Waals surface area contributed by atoms with Crippen molar-refractivity contribution in [3.63, 3.8) is 0 Å². The van der Waals surface area contributed by atoms with Gasteiger partial charge in [0.15, 0.2) is 5.82 Å². The second kappa shape index (κ2) is 7.62. The first kappa shape index (κ1) is 19.1. The molecule has 1 amide bonds. The molecule has 1 N–H and O–H groups in total. The number of amides is 1. The summed E-state index contributed by atoms with van der Waals surface area (Å²) in [4.78, 5) is 26.3. The van der Waals surface area contributed by atoms with Gasteiger partial charge in [-0.1, -0.05) is 19.9 Å². The molecule has 29 heavy (non-hydrogen) atoms. The van der Waals surface area contributed by atoms with Crippen LogP contribution in [0.1, 0.15) is 47.9 Å². The van der Waals surface area contributed by atoms with Gasteiger partial charge in [-0.2, -0.15) is 0 Å². The molecule has 0 fully saturated rings. The summed E-state index contributed by atoms with van der Waals surface area (Å²) in [6, 6.07) is 10.8. The molecule has 1 aliphatic carbocycles. The van der Waals surface area contributed by atoms with Crippen molar-refractivity contribution < 1.29 is 9.53 Å². The van der Waals surface area contributed by atoms with Gasteiger partial charge < -0.3 is 10.1 Å². The third-order valence-electron chi connectivity index (χ3n) is 5.25. The Morgan fingerprint density at radius 2 is 2.00 bits per heavy atom. The number of carbonyl (C=O) groups is 1. The number of methoxy groups -OCH3 is 1. The molecule has 2 heterocycles. The van der Waals surface area contributed by atoms with Gasteiger partial charge in [0.05, 0.1) is 18.8 Å². The van der Waals surface area contributed by atoms with Crippen molar-refractivity contribution >= 4 is 5.91 Å². The van der Waals surface area contributed by atoms with Crippen LogP contribution in [0.3, 0.4) is 0 Å². The number of ether oxygens (including phenoxy) is 1. The van der Waals surface area contributed by atoms with Gasteiger partial charge in [-0.25, -0.2) is 9.97 Å². The summed E-state index contributed by atoms with van der Waals surface area (Å²) in [7, 11) is 1.59. The maximum atomic E-state index is 12.9. The van der Waals surface area contributed by atoms with Crippen LogP contribution in [-0.4, -0.2) is 28.0 Å². The third kappa shape index (κ3) is 4.11. The first-order chi connectivity index (χ1) is 13.9. The minimum Gasteiger partial charge on any atom is -0.497 e. The van der Waals surface area contributed by atoms with E-state index >= 15 is 0 Å². The monoisotopic (exact) mass is 388 g/mol. The van der Waals surface area contributed by atoms with E-state index in [0.29, 0.717) is 17.1 Å². The molecule has 2 aromatic heterocycles. The predicted molar refractivity (Wildman–Crippen MR) is 111 cm³/mol. The van der Waals surface area contributed by atoms with Gasteiger partial charge in [0.2, 0.25) is 0 Å². The molecule has 0 radical (unpaired) electrons. The quantitative estimate of drug-likeness (QED) is 0.731. The lowest BCUT2D eigenvalue weighted by atomic mass is 9.74. The number of nitrogens with one attached hydrogen (secondary N) is 1. The van der Waals surface area contributed by atoms with Gasteiger partial charge >= 0.3 is 0 Å². The van der Waals surface area contributed by atoms with E-state index < -0.39 is 0 Å². The van der Waals surface area contributed by atoms with Gasteiger partial charge in [-0.15, -0.1) is 0 Å². The average Bonchev–Trinajstić information content (AvgIpc) is 2.73. The number of hydrogen-bond donors (Lipinski definition) is 1. The predicted octanol–water partition coefficient (Wildman–Crippen LogP) is 3.99. The van der Waals surface area contributed by atoms with E-state index in [0.717, 1.165) is 29.7 Å². The van der Waals surface area contributed by atoms with Crippen LogP contribution in [0.4, 0.5) is 0 Å². The van der Waals surface area contributed by atoms with Crippen molar-refractivity contribution in [2.24, 2.45) is 5.41 Å². The highest BCUT2D eigenvalue weighted by Gasteiger charge is 2.34. The van der Waals surface area contributed by atoms with Crippen LogP contribution in [0.25, 0.3) is 11.4 Å². The van der Waals surface area contributed by atoms with Crippen molar-refractivity contribution in [1.29, 1.82) is 0 Å². The molecular formula is C23H24N4O2. The fraction of sp³-hybridized carbons (Fsp3) is 0.304. The Kier molecular flexibility index (Phi) is 5.01. The van der Waals surface area contributed by atoms with Crippen LogP contribution in [-0.2, 0) is 6.42 Å². The van der Waals surface area contributed by atoms with E-state index in [4.69, 9.17) is 9.72 Å². The van der Waals surface area contributed by atoms with Crippen LogP contribution in [0.5, 0.6) is 5.75 Å². The standard InChI is InChI=1S/C23H24N4O2/c1-23(2)12-19-18(14-25-21(26-19)15-7-9-24-10-8-15)20(13-23)27-22(28)16-5-4-6-17(11-16)29-3/h4-11,14,20H,12-13H2,1-3H3,(H,27,28)/t20-/m1/s1. The van der Waals surface area contributed by atoms with E-state index in [1.165, 1.54) is 0 Å². The Labute approximate surface area is 170 Å². The lowest BCUT2D eigenvalue weighted by Crippen LogP contribution is -2.37. The van der Waals surface area contributed by atoms with Gasteiger partial charge in [-0.05, 0) is 48.6 Å². The number of carbonyl (C=O) groups excluding carboxylic acids is 1. The maximum Gasteiger partial charge on any atom is 0.251 e. The first-order valence-electron chi connectivity index (χ1n) is 9.66. The topological polar surface area (TPSA) is 77.0 Å². The lowest BCUT2D eigenvalue weighted by Gasteiger charge is -2.36. The van der Waals surface area contributed by atoms with Gasteiger partial charge in [0, 0.05) is 35.3 Å². The molecular weight excluding hydrogens is 364 g/mol. The van der Waals surface area contributed by atoms with Crippen molar-refractivity contribution in [2.75, 3.05) is 7.11 Å². The number of rotatable bonds is 4. The SMILES string of the molecule is COc1cccc(C(=O)N[C@@H]2CC(C)(C)Cc3nc(-c4ccncc4)ncc32)c1. The van der Waals surface area contributed by atoms with Crippen LogP contribution in [0.15, 0.2) is 55.0 Å². The van der Waals surface area contributed by atoms with E-state index in [1.807, 2.05) is 30.5 Å². The zero-order valence-electron chi connectivity index (χ0n) is 16.8. The normalized spacial score (nSPS) is 17.3. The molecule has 148 valence electrons. The van der Waals surface area contributed by atoms with E-state index in [9.17, 15) is 4.79 Å². The molecule has 3 aromatic rings. The number of pyridine rings is 1. The summed E-state index contributed by atoms with van der Waals surface area (Å²) in [6.45, 7) is 4.41. The Morgan fingerprint density at radius 3 is 2.76 bits per heavy atom. The van der Waals surface area contributed by atoms with Gasteiger partial charge in [-0.3, -0.25) is 9.78 Å². The van der Waals surface area contributed by atoms with Crippen LogP contribution >= 0.6 is 0 Å². The minimum absolute atomic E-state index is 0.0171. The Bertz CT molecular complexity index is 1030. The Morgan fingerprint density at radius 1 is 1.21 bits per heavy atom. The number of hydrogen-bond acceptors (Lipinski definition) is 5. The highest BCUT2D eigenvalue weighted by molar-refractivity contribution is 5.94. The molecule has 1 aromatic carbocycles. The summed E-state index contributed by atoms with van der Waals surface area (Å²) in [5.74, 6) is 1.21. The van der Waals surface area contributed by atoms with Crippen molar-refractivity contribution in [1.82, 2.24) is 20.3 Å². The number of aromatic nitrogens is 3. The Hall–Kier alpha value is -3.28. The molecule has 0 bridgehead atoms. The molecule has 0 saturated heterocycles. The molecule has 1 atom stereocenters. The van der Waals surface area contributed by atoms with Crippen LogP contribution in [0.2, 0.25) is 0 Å². The second-order valence-electron chi connectivity index (χ2n) is 8.13. The van der Waals surface area contributed by atoms with E-state index in [1.54, 1.807) is 31.6 Å². The molecule has 6 nitrogen and oxygen atoms in total. The fourth-order valence-electron chi connectivity index (χ4n) is 3.82. The Balaban J connectivity index is 1.64. The summed E-state index contributed by atoms with van der Waals surface area (Å²) >= 11 is 0. The summed E-state index contributed by atoms with van der Waals surface area (Å²) in [5, 5.41) is 3.17. The van der Waals surface area contributed by atoms with E-state index in [-0.39, 0.29) is 17.4 Å². The smallest absolute Gasteiger partial charge is 0.251 e. The molecule has 4 rings (SSSR count). The molecule has 0 saturated carbocycles. The maximum absolute atomic E-state index is 12.9. The molecule has 1 aliphatic rings. The summed E-state index contributed by atoms with van der Waals surface area (Å²) < 4.78 is 5.24. The van der Waals surface area contributed by atoms with Crippen molar-refractivity contribution in [2.45, 2.75) is 32.7 Å². The fourth-order valence-corrected chi connectivity index (χ4v) is 3.82. The third-order valence-corrected chi connectivity index (χ3v) is 5.25. The molecule has 6 heteroatoms. The molecule has 0 unspecified atom stereocenters. The van der Waals surface area contributed by atoms with Gasteiger partial charge in [0.1, 0.15) is 5.75 Å². The second-order valence-corrected chi connectivity index (χ2v) is 8.13. The van der Waals surface area contributed by atoms with Gasteiger partial charge in [0.25, 0.3) is 5.91 Å². The number of nitrogens with zero attached hydrogens (tertiary/aromatic N) is 3. The zero-order chi connectivity index (χ0) is 20.4. The summed E-state index contributed by atoms with van der Waals surface area (Å²) in [6.07, 6.45) is 6.99. The van der Waals surface area contributed by atoms with Crippen LogP contribution in [0, 0.1) is 5.41 Å². The lowest BCUT2D eigenvalue weighted by molar-refractivity contribution is 0.0918. The molecule has 0 aliphatic heterocycles. The number of fused-ring (bicyclic) bond motifs is 1. The molecule has 0 spiro atoms. The highest BCUT2D eigenvalue weighted by Crippen LogP contribution is 2.40. The minimum atomic E-state index is -0.140. The average molecular weight is 388 g/mol. The van der Waals surface area contributed by atoms with E-state index in [2.05, 4.69) is 29.1 Å². The van der Waals surface area contributed by atoms with Crippen molar-refractivity contribution in [3.8, 4) is 17.1 Å². The zero-order valence-corrected chi connectivity index (χ0v) is 16.8. The largest absolute Gasteiger partial charge is 0.497 e. The first-order valence-corrected chi connectivity index (χ1v) is 9.66.